The maximum Gasteiger partial charge on any atom is 0.412 e. The second kappa shape index (κ2) is 13.7. The molecule has 0 bridgehead atoms. The summed E-state index contributed by atoms with van der Waals surface area (Å²) >= 11 is 0. The van der Waals surface area contributed by atoms with Crippen molar-refractivity contribution < 1.29 is 38.5 Å². The van der Waals surface area contributed by atoms with Crippen molar-refractivity contribution in [1.82, 2.24) is 0 Å². The Labute approximate surface area is 262 Å². The molecular weight excluding hydrogens is 604 g/mol. The molecule has 242 valence electrons. The summed E-state index contributed by atoms with van der Waals surface area (Å²) in [6.07, 6.45) is -1.78. The van der Waals surface area contributed by atoms with Crippen molar-refractivity contribution in [3.63, 3.8) is 0 Å². The smallest absolute Gasteiger partial charge is 0.412 e. The Morgan fingerprint density at radius 3 is 1.15 bits per heavy atom. The van der Waals surface area contributed by atoms with Gasteiger partial charge in [-0.1, -0.05) is 0 Å². The molecule has 46 heavy (non-hydrogen) atoms. The summed E-state index contributed by atoms with van der Waals surface area (Å²) in [6, 6.07) is 12.3. The molecule has 0 fully saturated rings. The van der Waals surface area contributed by atoms with Gasteiger partial charge in [-0.3, -0.25) is 40.5 Å². The molecule has 4 N–H and O–H groups in total. The summed E-state index contributed by atoms with van der Waals surface area (Å²) < 4.78 is 10.4. The maximum absolute atomic E-state index is 13.0. The lowest BCUT2D eigenvalue weighted by Gasteiger charge is -2.20. The summed E-state index contributed by atoms with van der Waals surface area (Å²) in [7, 11) is 0. The van der Waals surface area contributed by atoms with Crippen LogP contribution in [0.15, 0.2) is 60.7 Å². The number of anilines is 4. The van der Waals surface area contributed by atoms with Crippen LogP contribution in [-0.2, 0) is 9.47 Å². The molecule has 3 aromatic carbocycles. The van der Waals surface area contributed by atoms with Crippen molar-refractivity contribution in [2.75, 3.05) is 21.3 Å². The molecule has 0 aliphatic rings. The van der Waals surface area contributed by atoms with Crippen LogP contribution in [0.1, 0.15) is 62.3 Å². The summed E-state index contributed by atoms with van der Waals surface area (Å²) in [6.45, 7) is 9.82. The quantitative estimate of drug-likeness (QED) is 0.151. The van der Waals surface area contributed by atoms with Crippen LogP contribution >= 0.6 is 0 Å². The molecule has 0 aliphatic carbocycles. The standard InChI is InChI=1S/C30H32N6O10/c1-29(2,3)45-27(39)33-23-15-19(35(41)42)11-13-21(23)31-25(37)17-7-9-18(10-8-17)26(38)32-22-14-12-20(36(43)44)16-24(22)34-28(40)46-30(4,5)6/h7-16H,1-6H3,(H,31,37)(H,32,38)(H,33,39)(H,34,40). The first-order chi connectivity index (χ1) is 21.3. The van der Waals surface area contributed by atoms with E-state index in [1.54, 1.807) is 41.5 Å². The molecule has 4 amide bonds. The third kappa shape index (κ3) is 10.0. The molecule has 0 saturated carbocycles. The van der Waals surface area contributed by atoms with E-state index < -0.39 is 45.0 Å². The highest BCUT2D eigenvalue weighted by Gasteiger charge is 2.22. The van der Waals surface area contributed by atoms with Crippen LogP contribution in [0.5, 0.6) is 0 Å². The van der Waals surface area contributed by atoms with Crippen molar-refractivity contribution in [2.24, 2.45) is 0 Å². The van der Waals surface area contributed by atoms with E-state index in [1.807, 2.05) is 0 Å². The number of nitrogens with one attached hydrogen (secondary N) is 4. The number of hydrogen-bond acceptors (Lipinski definition) is 10. The van der Waals surface area contributed by atoms with Crippen LogP contribution in [0.2, 0.25) is 0 Å². The molecule has 3 rings (SSSR count). The molecule has 0 aliphatic heterocycles. The van der Waals surface area contributed by atoms with Crippen molar-refractivity contribution >= 4 is 58.1 Å². The molecule has 0 unspecified atom stereocenters. The van der Waals surface area contributed by atoms with E-state index in [4.69, 9.17) is 9.47 Å². The zero-order valence-electron chi connectivity index (χ0n) is 25.8. The number of ether oxygens (including phenoxy) is 2. The predicted octanol–water partition coefficient (Wildman–Crippen LogP) is 6.70. The molecule has 0 heterocycles. The molecule has 16 nitrogen and oxygen atoms in total. The first-order valence-corrected chi connectivity index (χ1v) is 13.6. The first-order valence-electron chi connectivity index (χ1n) is 13.6. The number of hydrogen-bond donors (Lipinski definition) is 4. The minimum absolute atomic E-state index is 0.0477. The van der Waals surface area contributed by atoms with Crippen molar-refractivity contribution in [3.8, 4) is 0 Å². The Kier molecular flexibility index (Phi) is 10.3. The lowest BCUT2D eigenvalue weighted by atomic mass is 10.1. The SMILES string of the molecule is CC(C)(C)OC(=O)Nc1cc([N+](=O)[O-])ccc1NC(=O)c1ccc(C(=O)Nc2ccc([N+](=O)[O-])cc2NC(=O)OC(C)(C)C)cc1. The minimum Gasteiger partial charge on any atom is -0.444 e. The molecule has 0 radical (unpaired) electrons. The van der Waals surface area contributed by atoms with Gasteiger partial charge in [0.15, 0.2) is 0 Å². The van der Waals surface area contributed by atoms with Gasteiger partial charge >= 0.3 is 12.2 Å². The zero-order valence-corrected chi connectivity index (χ0v) is 25.8. The Bertz CT molecular complexity index is 1570. The van der Waals surface area contributed by atoms with Crippen LogP contribution in [0.3, 0.4) is 0 Å². The van der Waals surface area contributed by atoms with E-state index in [1.165, 1.54) is 36.4 Å². The van der Waals surface area contributed by atoms with Crippen molar-refractivity contribution in [3.05, 3.63) is 92.0 Å². The van der Waals surface area contributed by atoms with Crippen molar-refractivity contribution in [2.45, 2.75) is 52.7 Å². The number of nitro groups is 2. The number of rotatable bonds is 8. The average Bonchev–Trinajstić information content (AvgIpc) is 2.92. The topological polar surface area (TPSA) is 221 Å². The van der Waals surface area contributed by atoms with Crippen molar-refractivity contribution in [1.29, 1.82) is 0 Å². The minimum atomic E-state index is -0.892. The number of nitrogens with zero attached hydrogens (tertiary/aromatic N) is 2. The largest absolute Gasteiger partial charge is 0.444 e. The highest BCUT2D eigenvalue weighted by molar-refractivity contribution is 6.09. The van der Waals surface area contributed by atoms with E-state index in [9.17, 15) is 39.4 Å². The lowest BCUT2D eigenvalue weighted by Crippen LogP contribution is -2.27. The van der Waals surface area contributed by atoms with Gasteiger partial charge in [-0.25, -0.2) is 9.59 Å². The summed E-state index contributed by atoms with van der Waals surface area (Å²) in [5.41, 5.74) is -2.24. The molecule has 0 atom stereocenters. The Morgan fingerprint density at radius 1 is 0.543 bits per heavy atom. The summed E-state index contributed by atoms with van der Waals surface area (Å²) in [5, 5.41) is 32.5. The third-order valence-electron chi connectivity index (χ3n) is 5.60. The fourth-order valence-corrected chi connectivity index (χ4v) is 3.71. The molecular formula is C30H32N6O10. The average molecular weight is 637 g/mol. The zero-order chi connectivity index (χ0) is 34.4. The molecule has 0 spiro atoms. The van der Waals surface area contributed by atoms with Crippen LogP contribution in [0.25, 0.3) is 0 Å². The summed E-state index contributed by atoms with van der Waals surface area (Å²) in [4.78, 5) is 71.9. The number of nitro benzene ring substituents is 2. The maximum atomic E-state index is 13.0. The highest BCUT2D eigenvalue weighted by Crippen LogP contribution is 2.30. The fourth-order valence-electron chi connectivity index (χ4n) is 3.71. The molecule has 0 aromatic heterocycles. The highest BCUT2D eigenvalue weighted by atomic mass is 16.6. The van der Waals surface area contributed by atoms with Crippen LogP contribution in [0.4, 0.5) is 43.7 Å². The molecule has 16 heteroatoms. The number of carbonyl (C=O) groups excluding carboxylic acids is 4. The Balaban J connectivity index is 1.78. The number of non-ortho nitro benzene ring substituents is 2. The van der Waals surface area contributed by atoms with Gasteiger partial charge in [-0.15, -0.1) is 0 Å². The third-order valence-corrected chi connectivity index (χ3v) is 5.60. The van der Waals surface area contributed by atoms with Crippen LogP contribution in [0, 0.1) is 20.2 Å². The monoisotopic (exact) mass is 636 g/mol. The van der Waals surface area contributed by atoms with Crippen LogP contribution < -0.4 is 21.3 Å². The van der Waals surface area contributed by atoms with E-state index >= 15 is 0 Å². The number of amides is 4. The van der Waals surface area contributed by atoms with Gasteiger partial charge in [0.05, 0.1) is 32.6 Å². The second-order valence-corrected chi connectivity index (χ2v) is 11.7. The van der Waals surface area contributed by atoms with Gasteiger partial charge in [-0.2, -0.15) is 0 Å². The van der Waals surface area contributed by atoms with E-state index in [2.05, 4.69) is 21.3 Å². The van der Waals surface area contributed by atoms with Gasteiger partial charge in [0.2, 0.25) is 0 Å². The first kappa shape index (κ1) is 34.4. The van der Waals surface area contributed by atoms with E-state index in [0.29, 0.717) is 0 Å². The van der Waals surface area contributed by atoms with Gasteiger partial charge in [0.1, 0.15) is 11.2 Å². The molecule has 0 saturated heterocycles. The lowest BCUT2D eigenvalue weighted by molar-refractivity contribution is -0.385. The number of carbonyl (C=O) groups is 4. The van der Waals surface area contributed by atoms with Gasteiger partial charge < -0.3 is 20.1 Å². The van der Waals surface area contributed by atoms with E-state index in [-0.39, 0.29) is 45.3 Å². The second-order valence-electron chi connectivity index (χ2n) is 11.7. The normalized spacial score (nSPS) is 11.1. The van der Waals surface area contributed by atoms with Gasteiger partial charge in [0.25, 0.3) is 23.2 Å². The van der Waals surface area contributed by atoms with Crippen LogP contribution in [-0.4, -0.2) is 45.0 Å². The Morgan fingerprint density at radius 2 is 0.870 bits per heavy atom. The fraction of sp³-hybridized carbons (Fsp3) is 0.267. The Hall–Kier alpha value is -6.06. The van der Waals surface area contributed by atoms with E-state index in [0.717, 1.165) is 24.3 Å². The van der Waals surface area contributed by atoms with Gasteiger partial charge in [-0.05, 0) is 77.9 Å². The predicted molar refractivity (Wildman–Crippen MR) is 168 cm³/mol. The molecule has 3 aromatic rings. The van der Waals surface area contributed by atoms with Gasteiger partial charge in [0, 0.05) is 35.4 Å². The summed E-state index contributed by atoms with van der Waals surface area (Å²) in [5.74, 6) is -1.32. The number of benzene rings is 3.